The van der Waals surface area contributed by atoms with Crippen LogP contribution >= 0.6 is 23.2 Å². The zero-order chi connectivity index (χ0) is 26.6. The lowest BCUT2D eigenvalue weighted by molar-refractivity contribution is -0.137. The summed E-state index contributed by atoms with van der Waals surface area (Å²) < 4.78 is 39.8. The van der Waals surface area contributed by atoms with E-state index in [1.165, 1.54) is 12.1 Å². The molecule has 0 radical (unpaired) electrons. The van der Waals surface area contributed by atoms with E-state index in [-0.39, 0.29) is 30.9 Å². The number of benzene rings is 3. The average Bonchev–Trinajstić information content (AvgIpc) is 3.25. The maximum Gasteiger partial charge on any atom is 0.416 e. The third-order valence-electron chi connectivity index (χ3n) is 5.64. The summed E-state index contributed by atoms with van der Waals surface area (Å²) in [7, 11) is 0. The summed E-state index contributed by atoms with van der Waals surface area (Å²) in [5.41, 5.74) is 2.23. The van der Waals surface area contributed by atoms with Crippen molar-refractivity contribution < 1.29 is 18.0 Å². The summed E-state index contributed by atoms with van der Waals surface area (Å²) in [6.45, 7) is -0.0211. The van der Waals surface area contributed by atoms with Gasteiger partial charge in [-0.05, 0) is 48.4 Å². The fraction of sp³-hybridized carbons (Fsp3) is 0.148. The molecule has 0 fully saturated rings. The van der Waals surface area contributed by atoms with Crippen molar-refractivity contribution in [2.45, 2.75) is 25.6 Å². The number of halogens is 5. The van der Waals surface area contributed by atoms with E-state index in [9.17, 15) is 23.2 Å². The van der Waals surface area contributed by atoms with Crippen molar-refractivity contribution in [1.82, 2.24) is 15.1 Å². The first-order valence-corrected chi connectivity index (χ1v) is 11.9. The Morgan fingerprint density at radius 3 is 2.30 bits per heavy atom. The number of nitrogens with zero attached hydrogens (tertiary/aromatic N) is 3. The predicted octanol–water partition coefficient (Wildman–Crippen LogP) is 6.99. The second kappa shape index (κ2) is 11.1. The summed E-state index contributed by atoms with van der Waals surface area (Å²) in [6, 6.07) is 20.8. The van der Waals surface area contributed by atoms with Gasteiger partial charge in [0.25, 0.3) is 0 Å². The molecule has 0 atom stereocenters. The minimum atomic E-state index is -4.41. The highest BCUT2D eigenvalue weighted by Crippen LogP contribution is 2.32. The molecule has 4 rings (SSSR count). The van der Waals surface area contributed by atoms with Crippen LogP contribution in [0, 0.1) is 11.3 Å². The number of nitrogens with one attached hydrogen (secondary N) is 1. The summed E-state index contributed by atoms with van der Waals surface area (Å²) in [4.78, 5) is 12.5. The van der Waals surface area contributed by atoms with Crippen molar-refractivity contribution in [2.24, 2.45) is 0 Å². The molecule has 0 bridgehead atoms. The molecule has 4 aromatic rings. The molecule has 3 aromatic carbocycles. The Kier molecular flexibility index (Phi) is 7.86. The van der Waals surface area contributed by atoms with Crippen molar-refractivity contribution >= 4 is 29.1 Å². The van der Waals surface area contributed by atoms with Crippen molar-refractivity contribution in [3.63, 3.8) is 0 Å². The molecule has 10 heteroatoms. The zero-order valence-corrected chi connectivity index (χ0v) is 20.7. The minimum Gasteiger partial charge on any atom is -0.350 e. The Morgan fingerprint density at radius 1 is 1.00 bits per heavy atom. The van der Waals surface area contributed by atoms with Crippen LogP contribution in [0.25, 0.3) is 16.9 Å². The molecule has 0 aliphatic rings. The summed E-state index contributed by atoms with van der Waals surface area (Å²) in [5, 5.41) is 18.3. The first kappa shape index (κ1) is 26.3. The fourth-order valence-corrected chi connectivity index (χ4v) is 4.11. The van der Waals surface area contributed by atoms with Gasteiger partial charge >= 0.3 is 6.18 Å². The van der Waals surface area contributed by atoms with Gasteiger partial charge in [-0.1, -0.05) is 59.6 Å². The van der Waals surface area contributed by atoms with Crippen LogP contribution in [0.4, 0.5) is 13.2 Å². The number of aryl methyl sites for hydroxylation is 1. The molecule has 0 unspecified atom stereocenters. The standard InChI is InChI=1S/C27H19Cl2F3N4O/c28-20-12-8-18(9-13-20)26-21(15-33)23(35-36(26)24-4-2-1-3-22(24)29)16-34-25(37)14-7-17-5-10-19(11-6-17)27(30,31)32/h1-6,8-13H,7,14,16H2,(H,34,37). The zero-order valence-electron chi connectivity index (χ0n) is 19.2. The number of carbonyl (C=O) groups excluding carboxylic acids is 1. The first-order valence-electron chi connectivity index (χ1n) is 11.1. The summed E-state index contributed by atoms with van der Waals surface area (Å²) in [5.74, 6) is -0.330. The van der Waals surface area contributed by atoms with Gasteiger partial charge in [-0.3, -0.25) is 4.79 Å². The maximum absolute atomic E-state index is 12.7. The van der Waals surface area contributed by atoms with Gasteiger partial charge in [0.05, 0.1) is 28.5 Å². The summed E-state index contributed by atoms with van der Waals surface area (Å²) >= 11 is 12.5. The minimum absolute atomic E-state index is 0.0211. The van der Waals surface area contributed by atoms with E-state index < -0.39 is 11.7 Å². The van der Waals surface area contributed by atoms with Gasteiger partial charge in [-0.2, -0.15) is 23.5 Å². The third-order valence-corrected chi connectivity index (χ3v) is 6.21. The molecule has 1 aromatic heterocycles. The van der Waals surface area contributed by atoms with Gasteiger partial charge in [-0.25, -0.2) is 4.68 Å². The van der Waals surface area contributed by atoms with Crippen LogP contribution in [0.3, 0.4) is 0 Å². The van der Waals surface area contributed by atoms with Crippen LogP contribution in [0.15, 0.2) is 72.8 Å². The smallest absolute Gasteiger partial charge is 0.350 e. The molecule has 0 spiro atoms. The van der Waals surface area contributed by atoms with E-state index in [1.54, 1.807) is 53.2 Å². The van der Waals surface area contributed by atoms with Crippen LogP contribution in [0.5, 0.6) is 0 Å². The Morgan fingerprint density at radius 2 is 1.68 bits per heavy atom. The topological polar surface area (TPSA) is 70.7 Å². The van der Waals surface area contributed by atoms with E-state index in [1.807, 2.05) is 0 Å². The quantitative estimate of drug-likeness (QED) is 0.273. The molecule has 188 valence electrons. The molecule has 1 N–H and O–H groups in total. The molecule has 0 aliphatic carbocycles. The molecular weight excluding hydrogens is 524 g/mol. The lowest BCUT2D eigenvalue weighted by Gasteiger charge is -2.09. The molecular formula is C27H19Cl2F3N4O. The van der Waals surface area contributed by atoms with Crippen molar-refractivity contribution in [3.8, 4) is 23.0 Å². The van der Waals surface area contributed by atoms with Crippen LogP contribution in [0.2, 0.25) is 10.0 Å². The monoisotopic (exact) mass is 542 g/mol. The van der Waals surface area contributed by atoms with Crippen molar-refractivity contribution in [2.75, 3.05) is 0 Å². The second-order valence-corrected chi connectivity index (χ2v) is 8.97. The van der Waals surface area contributed by atoms with Gasteiger partial charge < -0.3 is 5.32 Å². The molecule has 0 saturated carbocycles. The normalized spacial score (nSPS) is 11.2. The van der Waals surface area contributed by atoms with E-state index in [0.29, 0.717) is 38.2 Å². The van der Waals surface area contributed by atoms with Crippen LogP contribution < -0.4 is 5.32 Å². The number of aromatic nitrogens is 2. The van der Waals surface area contributed by atoms with Crippen LogP contribution in [-0.4, -0.2) is 15.7 Å². The van der Waals surface area contributed by atoms with Gasteiger partial charge in [0.1, 0.15) is 17.3 Å². The van der Waals surface area contributed by atoms with Gasteiger partial charge in [0.15, 0.2) is 0 Å². The molecule has 1 heterocycles. The number of hydrogen-bond donors (Lipinski definition) is 1. The van der Waals surface area contributed by atoms with Crippen LogP contribution in [-0.2, 0) is 23.9 Å². The number of nitriles is 1. The highest BCUT2D eigenvalue weighted by atomic mass is 35.5. The Balaban J connectivity index is 1.54. The maximum atomic E-state index is 12.7. The van der Waals surface area contributed by atoms with E-state index in [4.69, 9.17) is 23.2 Å². The fourth-order valence-electron chi connectivity index (χ4n) is 3.77. The molecule has 1 amide bonds. The van der Waals surface area contributed by atoms with Crippen molar-refractivity contribution in [3.05, 3.63) is 105 Å². The highest BCUT2D eigenvalue weighted by molar-refractivity contribution is 6.32. The van der Waals surface area contributed by atoms with E-state index in [2.05, 4.69) is 16.5 Å². The first-order chi connectivity index (χ1) is 17.7. The Bertz CT molecular complexity index is 1460. The lowest BCUT2D eigenvalue weighted by atomic mass is 10.1. The molecule has 37 heavy (non-hydrogen) atoms. The highest BCUT2D eigenvalue weighted by Gasteiger charge is 2.30. The largest absolute Gasteiger partial charge is 0.416 e. The number of carbonyl (C=O) groups is 1. The third kappa shape index (κ3) is 6.13. The van der Waals surface area contributed by atoms with Gasteiger partial charge in [0.2, 0.25) is 5.91 Å². The molecule has 0 aliphatic heterocycles. The van der Waals surface area contributed by atoms with Crippen LogP contribution in [0.1, 0.15) is 28.8 Å². The predicted molar refractivity (Wildman–Crippen MR) is 135 cm³/mol. The SMILES string of the molecule is N#Cc1c(CNC(=O)CCc2ccc(C(F)(F)F)cc2)nn(-c2ccccc2Cl)c1-c1ccc(Cl)cc1. The Hall–Kier alpha value is -3.80. The van der Waals surface area contributed by atoms with Crippen molar-refractivity contribution in [1.29, 1.82) is 5.26 Å². The molecule has 5 nitrogen and oxygen atoms in total. The van der Waals surface area contributed by atoms with Gasteiger partial charge in [0, 0.05) is 17.0 Å². The molecule has 0 saturated heterocycles. The Labute approximate surface area is 221 Å². The average molecular weight is 543 g/mol. The lowest BCUT2D eigenvalue weighted by Crippen LogP contribution is -2.23. The number of alkyl halides is 3. The van der Waals surface area contributed by atoms with E-state index >= 15 is 0 Å². The van der Waals surface area contributed by atoms with Gasteiger partial charge in [-0.15, -0.1) is 0 Å². The number of rotatable bonds is 7. The number of hydrogen-bond acceptors (Lipinski definition) is 3. The summed E-state index contributed by atoms with van der Waals surface area (Å²) in [6.07, 6.45) is -4.09. The number of para-hydroxylation sites is 1. The second-order valence-electron chi connectivity index (χ2n) is 8.12. The number of amides is 1. The van der Waals surface area contributed by atoms with E-state index in [0.717, 1.165) is 12.1 Å².